The van der Waals surface area contributed by atoms with E-state index in [1.165, 1.54) is 0 Å². The Kier molecular flexibility index (Phi) is 4.39. The van der Waals surface area contributed by atoms with Crippen molar-refractivity contribution in [2.75, 3.05) is 5.32 Å². The zero-order chi connectivity index (χ0) is 16.1. The van der Waals surface area contributed by atoms with Crippen LogP contribution < -0.4 is 10.6 Å². The van der Waals surface area contributed by atoms with Gasteiger partial charge in [0.2, 0.25) is 5.95 Å². The molecule has 0 fully saturated rings. The molecule has 2 aromatic carbocycles. The molecular formula is C16H13N5OS. The summed E-state index contributed by atoms with van der Waals surface area (Å²) in [4.78, 5) is 16.3. The van der Waals surface area contributed by atoms with Crippen molar-refractivity contribution in [3.8, 4) is 11.4 Å². The lowest BCUT2D eigenvalue weighted by Crippen LogP contribution is -2.34. The smallest absolute Gasteiger partial charge is 0.257 e. The van der Waals surface area contributed by atoms with Gasteiger partial charge in [0, 0.05) is 11.1 Å². The number of carbonyl (C=O) groups is 1. The van der Waals surface area contributed by atoms with Gasteiger partial charge in [0.1, 0.15) is 0 Å². The van der Waals surface area contributed by atoms with Gasteiger partial charge in [-0.15, -0.1) is 5.10 Å². The maximum Gasteiger partial charge on any atom is 0.257 e. The molecule has 0 radical (unpaired) electrons. The molecule has 0 aliphatic heterocycles. The number of hydrogen-bond acceptors (Lipinski definition) is 4. The first-order chi connectivity index (χ1) is 11.2. The highest BCUT2D eigenvalue weighted by molar-refractivity contribution is 7.80. The van der Waals surface area contributed by atoms with Crippen LogP contribution in [0.1, 0.15) is 10.4 Å². The Balaban J connectivity index is 1.63. The van der Waals surface area contributed by atoms with Crippen LogP contribution in [0.15, 0.2) is 60.7 Å². The molecule has 0 unspecified atom stereocenters. The molecule has 6 nitrogen and oxygen atoms in total. The molecule has 1 amide bonds. The molecule has 0 bridgehead atoms. The number of hydrogen-bond donors (Lipinski definition) is 3. The summed E-state index contributed by atoms with van der Waals surface area (Å²) in [6, 6.07) is 18.4. The molecule has 0 aliphatic carbocycles. The largest absolute Gasteiger partial charge is 0.300 e. The molecule has 0 aliphatic rings. The van der Waals surface area contributed by atoms with Crippen molar-refractivity contribution in [2.45, 2.75) is 0 Å². The van der Waals surface area contributed by atoms with Crippen molar-refractivity contribution < 1.29 is 4.79 Å². The SMILES string of the molecule is O=C(NC(=S)Nc1n[nH]c(-c2ccccc2)n1)c1ccccc1. The number of amides is 1. The number of anilines is 1. The van der Waals surface area contributed by atoms with E-state index in [0.29, 0.717) is 17.3 Å². The number of H-pyrrole nitrogens is 1. The molecule has 1 heterocycles. The van der Waals surface area contributed by atoms with Crippen molar-refractivity contribution in [3.63, 3.8) is 0 Å². The number of rotatable bonds is 3. The number of thiocarbonyl (C=S) groups is 1. The van der Waals surface area contributed by atoms with E-state index >= 15 is 0 Å². The van der Waals surface area contributed by atoms with Gasteiger partial charge in [0.05, 0.1) is 0 Å². The molecule has 7 heteroatoms. The van der Waals surface area contributed by atoms with Crippen LogP contribution in [-0.4, -0.2) is 26.2 Å². The summed E-state index contributed by atoms with van der Waals surface area (Å²) in [5.74, 6) is 0.620. The highest BCUT2D eigenvalue weighted by Gasteiger charge is 2.10. The maximum atomic E-state index is 12.0. The van der Waals surface area contributed by atoms with E-state index in [0.717, 1.165) is 5.56 Å². The fourth-order valence-corrected chi connectivity index (χ4v) is 2.12. The lowest BCUT2D eigenvalue weighted by molar-refractivity contribution is 0.0977. The van der Waals surface area contributed by atoms with Crippen LogP contribution in [0.2, 0.25) is 0 Å². The van der Waals surface area contributed by atoms with E-state index in [2.05, 4.69) is 25.8 Å². The predicted octanol–water partition coefficient (Wildman–Crippen LogP) is 2.60. The number of benzene rings is 2. The Morgan fingerprint density at radius 3 is 2.35 bits per heavy atom. The maximum absolute atomic E-state index is 12.0. The second kappa shape index (κ2) is 6.80. The van der Waals surface area contributed by atoms with E-state index in [9.17, 15) is 4.79 Å². The van der Waals surface area contributed by atoms with Gasteiger partial charge in [-0.05, 0) is 24.4 Å². The van der Waals surface area contributed by atoms with Crippen LogP contribution in [0.25, 0.3) is 11.4 Å². The second-order valence-corrected chi connectivity index (χ2v) is 5.06. The minimum Gasteiger partial charge on any atom is -0.300 e. The Morgan fingerprint density at radius 2 is 1.65 bits per heavy atom. The Morgan fingerprint density at radius 1 is 1.00 bits per heavy atom. The normalized spacial score (nSPS) is 10.1. The number of nitrogens with one attached hydrogen (secondary N) is 3. The molecule has 0 atom stereocenters. The predicted molar refractivity (Wildman–Crippen MR) is 91.9 cm³/mol. The van der Waals surface area contributed by atoms with Crippen LogP contribution in [0.4, 0.5) is 5.95 Å². The highest BCUT2D eigenvalue weighted by Crippen LogP contribution is 2.14. The third-order valence-electron chi connectivity index (χ3n) is 3.02. The quantitative estimate of drug-likeness (QED) is 0.645. The van der Waals surface area contributed by atoms with Gasteiger partial charge in [0.25, 0.3) is 5.91 Å². The molecule has 3 aromatic rings. The lowest BCUT2D eigenvalue weighted by atomic mass is 10.2. The summed E-state index contributed by atoms with van der Waals surface area (Å²) in [5, 5.41) is 12.3. The van der Waals surface area contributed by atoms with Crippen molar-refractivity contribution in [3.05, 3.63) is 66.2 Å². The second-order valence-electron chi connectivity index (χ2n) is 4.65. The highest BCUT2D eigenvalue weighted by atomic mass is 32.1. The van der Waals surface area contributed by atoms with Crippen LogP contribution in [0.3, 0.4) is 0 Å². The number of nitrogens with zero attached hydrogens (tertiary/aromatic N) is 2. The third kappa shape index (κ3) is 3.78. The first-order valence-electron chi connectivity index (χ1n) is 6.87. The van der Waals surface area contributed by atoms with Gasteiger partial charge in [0.15, 0.2) is 10.9 Å². The van der Waals surface area contributed by atoms with Crippen LogP contribution in [0, 0.1) is 0 Å². The van der Waals surface area contributed by atoms with E-state index in [4.69, 9.17) is 12.2 Å². The van der Waals surface area contributed by atoms with Crippen LogP contribution in [0.5, 0.6) is 0 Å². The molecule has 1 aromatic heterocycles. The Bertz CT molecular complexity index is 817. The van der Waals surface area contributed by atoms with Crippen molar-refractivity contribution in [2.24, 2.45) is 0 Å². The standard InChI is InChI=1S/C16H13N5OS/c22-14(12-9-5-2-6-10-12)18-16(23)19-15-17-13(20-21-15)11-7-3-1-4-8-11/h1-10H,(H3,17,18,19,20,21,22,23). The van der Waals surface area contributed by atoms with Crippen LogP contribution in [-0.2, 0) is 0 Å². The fourth-order valence-electron chi connectivity index (χ4n) is 1.94. The molecule has 3 rings (SSSR count). The zero-order valence-electron chi connectivity index (χ0n) is 12.0. The Hall–Kier alpha value is -3.06. The topological polar surface area (TPSA) is 82.7 Å². The Labute approximate surface area is 138 Å². The first-order valence-corrected chi connectivity index (χ1v) is 7.28. The van der Waals surface area contributed by atoms with Crippen molar-refractivity contribution in [1.29, 1.82) is 0 Å². The van der Waals surface area contributed by atoms with Crippen molar-refractivity contribution >= 4 is 29.2 Å². The summed E-state index contributed by atoms with van der Waals surface area (Å²) < 4.78 is 0. The van der Waals surface area contributed by atoms with E-state index in [-0.39, 0.29) is 11.0 Å². The summed E-state index contributed by atoms with van der Waals surface area (Å²) >= 11 is 5.10. The van der Waals surface area contributed by atoms with Gasteiger partial charge in [-0.2, -0.15) is 4.98 Å². The third-order valence-corrected chi connectivity index (χ3v) is 3.23. The lowest BCUT2D eigenvalue weighted by Gasteiger charge is -2.06. The first kappa shape index (κ1) is 14.9. The van der Waals surface area contributed by atoms with E-state index < -0.39 is 0 Å². The molecule has 3 N–H and O–H groups in total. The van der Waals surface area contributed by atoms with Gasteiger partial charge in [-0.3, -0.25) is 20.5 Å². The molecule has 114 valence electrons. The molecule has 23 heavy (non-hydrogen) atoms. The minimum absolute atomic E-state index is 0.137. The summed E-state index contributed by atoms with van der Waals surface area (Å²) in [7, 11) is 0. The average Bonchev–Trinajstić information content (AvgIpc) is 3.04. The zero-order valence-corrected chi connectivity index (χ0v) is 12.8. The molecular weight excluding hydrogens is 310 g/mol. The van der Waals surface area contributed by atoms with Gasteiger partial charge in [-0.25, -0.2) is 0 Å². The fraction of sp³-hybridized carbons (Fsp3) is 0. The molecule has 0 spiro atoms. The monoisotopic (exact) mass is 323 g/mol. The summed E-state index contributed by atoms with van der Waals surface area (Å²) in [6.45, 7) is 0. The number of aromatic nitrogens is 3. The van der Waals surface area contributed by atoms with Gasteiger partial charge in [-0.1, -0.05) is 48.5 Å². The number of aromatic amines is 1. The van der Waals surface area contributed by atoms with Crippen LogP contribution >= 0.6 is 12.2 Å². The van der Waals surface area contributed by atoms with Gasteiger partial charge < -0.3 is 0 Å². The van der Waals surface area contributed by atoms with E-state index in [1.807, 2.05) is 36.4 Å². The molecule has 0 saturated carbocycles. The average molecular weight is 323 g/mol. The minimum atomic E-state index is -0.290. The molecule has 0 saturated heterocycles. The van der Waals surface area contributed by atoms with E-state index in [1.54, 1.807) is 24.3 Å². The summed E-state index contributed by atoms with van der Waals surface area (Å²) in [6.07, 6.45) is 0. The summed E-state index contributed by atoms with van der Waals surface area (Å²) in [5.41, 5.74) is 1.43. The van der Waals surface area contributed by atoms with Gasteiger partial charge >= 0.3 is 0 Å². The van der Waals surface area contributed by atoms with Crippen molar-refractivity contribution in [1.82, 2.24) is 20.5 Å². The number of carbonyl (C=O) groups excluding carboxylic acids is 1.